The lowest BCUT2D eigenvalue weighted by Crippen LogP contribution is -2.71. The van der Waals surface area contributed by atoms with E-state index in [1.807, 2.05) is 6.92 Å². The number of carbonyl (C=O) groups excluding carboxylic acids is 3. The molecule has 3 atom stereocenters. The Morgan fingerprint density at radius 2 is 1.90 bits per heavy atom. The monoisotopic (exact) mass is 423 g/mol. The molecule has 2 saturated heterocycles. The van der Waals surface area contributed by atoms with Gasteiger partial charge in [-0.2, -0.15) is 8.78 Å². The fourth-order valence-corrected chi connectivity index (χ4v) is 3.98. The third kappa shape index (κ3) is 4.39. The van der Waals surface area contributed by atoms with Crippen molar-refractivity contribution in [2.45, 2.75) is 52.4 Å². The van der Waals surface area contributed by atoms with Crippen molar-refractivity contribution in [1.82, 2.24) is 14.7 Å². The highest BCUT2D eigenvalue weighted by Gasteiger charge is 2.48. The van der Waals surface area contributed by atoms with Crippen LogP contribution >= 0.6 is 0 Å². The number of benzene rings is 1. The van der Waals surface area contributed by atoms with Gasteiger partial charge in [0, 0.05) is 37.7 Å². The number of carbonyl (C=O) groups is 3. The van der Waals surface area contributed by atoms with Gasteiger partial charge in [0.05, 0.1) is 0 Å². The van der Waals surface area contributed by atoms with Gasteiger partial charge in [-0.3, -0.25) is 14.4 Å². The Labute approximate surface area is 174 Å². The summed E-state index contributed by atoms with van der Waals surface area (Å²) in [7, 11) is 0. The second-order valence-electron chi connectivity index (χ2n) is 7.93. The molecule has 0 bridgehead atoms. The van der Waals surface area contributed by atoms with E-state index >= 15 is 0 Å². The minimum Gasteiger partial charge on any atom is -0.435 e. The van der Waals surface area contributed by atoms with Crippen LogP contribution in [0.1, 0.15) is 44.0 Å². The summed E-state index contributed by atoms with van der Waals surface area (Å²) in [4.78, 5) is 43.6. The van der Waals surface area contributed by atoms with Gasteiger partial charge < -0.3 is 19.4 Å². The average Bonchev–Trinajstić information content (AvgIpc) is 2.71. The number of amides is 3. The van der Waals surface area contributed by atoms with Gasteiger partial charge in [0.25, 0.3) is 11.8 Å². The standard InChI is InChI=1S/C21H27F2N3O4/c1-4-13(2)11-24-12-14(3)26-17(27)9-10-25(18(26)20(24)29)19(28)15-5-7-16(8-6-15)30-21(22)23/h5-8,13-14,18,21H,4,9-12H2,1-3H3. The van der Waals surface area contributed by atoms with Crippen LogP contribution in [0.2, 0.25) is 0 Å². The summed E-state index contributed by atoms with van der Waals surface area (Å²) in [5.74, 6) is -0.578. The number of piperazine rings is 1. The van der Waals surface area contributed by atoms with Gasteiger partial charge in [-0.05, 0) is 37.1 Å². The van der Waals surface area contributed by atoms with Crippen molar-refractivity contribution < 1.29 is 27.9 Å². The van der Waals surface area contributed by atoms with Crippen LogP contribution in [0.3, 0.4) is 0 Å². The molecule has 3 amide bonds. The lowest BCUT2D eigenvalue weighted by molar-refractivity contribution is -0.169. The van der Waals surface area contributed by atoms with Crippen molar-refractivity contribution in [1.29, 1.82) is 0 Å². The molecule has 2 heterocycles. The highest BCUT2D eigenvalue weighted by Crippen LogP contribution is 2.28. The normalized spacial score (nSPS) is 22.9. The van der Waals surface area contributed by atoms with Crippen LogP contribution in [0.4, 0.5) is 8.78 Å². The fourth-order valence-electron chi connectivity index (χ4n) is 3.98. The summed E-state index contributed by atoms with van der Waals surface area (Å²) in [5, 5.41) is 0. The molecule has 1 aromatic carbocycles. The van der Waals surface area contributed by atoms with Gasteiger partial charge in [0.2, 0.25) is 5.91 Å². The molecule has 0 saturated carbocycles. The number of rotatable bonds is 6. The molecule has 0 aliphatic carbocycles. The van der Waals surface area contributed by atoms with Crippen LogP contribution in [-0.2, 0) is 9.59 Å². The van der Waals surface area contributed by atoms with Crippen LogP contribution in [-0.4, -0.2) is 70.9 Å². The highest BCUT2D eigenvalue weighted by molar-refractivity contribution is 6.00. The maximum atomic E-state index is 13.3. The van der Waals surface area contributed by atoms with E-state index in [1.54, 1.807) is 4.90 Å². The fraction of sp³-hybridized carbons (Fsp3) is 0.571. The summed E-state index contributed by atoms with van der Waals surface area (Å²) in [6.45, 7) is 4.17. The number of halogens is 2. The van der Waals surface area contributed by atoms with Crippen molar-refractivity contribution in [2.75, 3.05) is 19.6 Å². The number of fused-ring (bicyclic) bond motifs is 1. The number of nitrogens with zero attached hydrogens (tertiary/aromatic N) is 3. The second kappa shape index (κ2) is 8.97. The molecule has 3 rings (SSSR count). The largest absolute Gasteiger partial charge is 0.435 e. The summed E-state index contributed by atoms with van der Waals surface area (Å²) in [6.07, 6.45) is 0.0717. The van der Waals surface area contributed by atoms with Crippen LogP contribution in [0.25, 0.3) is 0 Å². The van der Waals surface area contributed by atoms with E-state index in [1.165, 1.54) is 34.1 Å². The maximum absolute atomic E-state index is 13.3. The Balaban J connectivity index is 1.85. The third-order valence-corrected chi connectivity index (χ3v) is 5.72. The SMILES string of the molecule is CCC(C)CN1CC(C)N2C(=O)CCN(C(=O)c3ccc(OC(F)F)cc3)C2C1=O. The van der Waals surface area contributed by atoms with Gasteiger partial charge in [-0.15, -0.1) is 0 Å². The van der Waals surface area contributed by atoms with Gasteiger partial charge in [-0.1, -0.05) is 20.3 Å². The molecule has 2 aliphatic heterocycles. The first kappa shape index (κ1) is 22.0. The predicted molar refractivity (Wildman–Crippen MR) is 105 cm³/mol. The van der Waals surface area contributed by atoms with E-state index in [4.69, 9.17) is 0 Å². The van der Waals surface area contributed by atoms with E-state index in [9.17, 15) is 23.2 Å². The first-order valence-electron chi connectivity index (χ1n) is 10.2. The molecular formula is C21H27F2N3O4. The van der Waals surface area contributed by atoms with Gasteiger partial charge >= 0.3 is 6.61 Å². The quantitative estimate of drug-likeness (QED) is 0.705. The smallest absolute Gasteiger partial charge is 0.387 e. The maximum Gasteiger partial charge on any atom is 0.387 e. The van der Waals surface area contributed by atoms with Crippen molar-refractivity contribution in [3.8, 4) is 5.75 Å². The molecule has 7 nitrogen and oxygen atoms in total. The van der Waals surface area contributed by atoms with Crippen molar-refractivity contribution in [2.24, 2.45) is 5.92 Å². The lowest BCUT2D eigenvalue weighted by Gasteiger charge is -2.51. The van der Waals surface area contributed by atoms with Crippen LogP contribution in [0.5, 0.6) is 5.75 Å². The zero-order valence-corrected chi connectivity index (χ0v) is 17.4. The van der Waals surface area contributed by atoms with E-state index in [2.05, 4.69) is 18.6 Å². The Hall–Kier alpha value is -2.71. The predicted octanol–water partition coefficient (Wildman–Crippen LogP) is 2.57. The molecule has 0 aromatic heterocycles. The van der Waals surface area contributed by atoms with E-state index in [-0.39, 0.29) is 42.1 Å². The molecule has 164 valence electrons. The molecule has 9 heteroatoms. The van der Waals surface area contributed by atoms with Crippen LogP contribution in [0, 0.1) is 5.92 Å². The minimum absolute atomic E-state index is 0.0564. The average molecular weight is 423 g/mol. The molecule has 0 N–H and O–H groups in total. The molecule has 1 aromatic rings. The van der Waals surface area contributed by atoms with Crippen molar-refractivity contribution in [3.05, 3.63) is 29.8 Å². The molecule has 30 heavy (non-hydrogen) atoms. The van der Waals surface area contributed by atoms with Crippen molar-refractivity contribution in [3.63, 3.8) is 0 Å². The zero-order valence-electron chi connectivity index (χ0n) is 17.4. The van der Waals surface area contributed by atoms with Crippen LogP contribution in [0.15, 0.2) is 24.3 Å². The van der Waals surface area contributed by atoms with Gasteiger partial charge in [0.1, 0.15) is 5.75 Å². The number of hydrogen-bond donors (Lipinski definition) is 0. The number of alkyl halides is 2. The number of ether oxygens (including phenoxy) is 1. The molecule has 2 fully saturated rings. The van der Waals surface area contributed by atoms with Crippen molar-refractivity contribution >= 4 is 17.7 Å². The highest BCUT2D eigenvalue weighted by atomic mass is 19.3. The summed E-state index contributed by atoms with van der Waals surface area (Å²) >= 11 is 0. The second-order valence-corrected chi connectivity index (χ2v) is 7.93. The topological polar surface area (TPSA) is 70.2 Å². The van der Waals surface area contributed by atoms with Gasteiger partial charge in [0.15, 0.2) is 6.17 Å². The molecule has 0 radical (unpaired) electrons. The van der Waals surface area contributed by atoms with E-state index in [0.717, 1.165) is 6.42 Å². The molecule has 2 aliphatic rings. The lowest BCUT2D eigenvalue weighted by atomic mass is 10.0. The van der Waals surface area contributed by atoms with Crippen LogP contribution < -0.4 is 4.74 Å². The summed E-state index contributed by atoms with van der Waals surface area (Å²) in [5.41, 5.74) is 0.241. The Bertz CT molecular complexity index is 802. The zero-order chi connectivity index (χ0) is 22.0. The molecule has 3 unspecified atom stereocenters. The molecular weight excluding hydrogens is 396 g/mol. The molecule has 0 spiro atoms. The van der Waals surface area contributed by atoms with E-state index < -0.39 is 18.7 Å². The summed E-state index contributed by atoms with van der Waals surface area (Å²) < 4.78 is 29.0. The summed E-state index contributed by atoms with van der Waals surface area (Å²) in [6, 6.07) is 5.13. The Kier molecular flexibility index (Phi) is 6.58. The van der Waals surface area contributed by atoms with Gasteiger partial charge in [-0.25, -0.2) is 0 Å². The first-order chi connectivity index (χ1) is 14.2. The Morgan fingerprint density at radius 1 is 1.23 bits per heavy atom. The number of hydrogen-bond acceptors (Lipinski definition) is 4. The van der Waals surface area contributed by atoms with E-state index in [0.29, 0.717) is 19.0 Å². The Morgan fingerprint density at radius 3 is 2.50 bits per heavy atom. The minimum atomic E-state index is -2.95. The third-order valence-electron chi connectivity index (χ3n) is 5.72. The first-order valence-corrected chi connectivity index (χ1v) is 10.2.